The van der Waals surface area contributed by atoms with Gasteiger partial charge in [-0.1, -0.05) is 6.07 Å². The molecule has 0 radical (unpaired) electrons. The molecule has 0 aliphatic rings. The Labute approximate surface area is 115 Å². The Morgan fingerprint density at radius 1 is 1.42 bits per heavy atom. The van der Waals surface area contributed by atoms with E-state index in [1.165, 1.54) is 6.20 Å². The molecule has 0 aromatic carbocycles. The first kappa shape index (κ1) is 13.9. The molecular weight excluding hydrogens is 264 g/mol. The van der Waals surface area contributed by atoms with Crippen LogP contribution in [0.2, 0.25) is 0 Å². The first-order chi connectivity index (χ1) is 9.24. The maximum Gasteiger partial charge on any atom is 0.245 e. The van der Waals surface area contributed by atoms with Gasteiger partial charge in [-0.2, -0.15) is 4.37 Å². The maximum atomic E-state index is 9.72. The van der Waals surface area contributed by atoms with E-state index in [-0.39, 0.29) is 6.61 Å². The largest absolute Gasteiger partial charge is 0.473 e. The minimum absolute atomic E-state index is 0.199. The van der Waals surface area contributed by atoms with E-state index in [0.717, 1.165) is 23.0 Å². The molecule has 0 amide bonds. The van der Waals surface area contributed by atoms with Crippen molar-refractivity contribution in [2.75, 3.05) is 13.2 Å². The monoisotopic (exact) mass is 280 g/mol. The van der Waals surface area contributed by atoms with E-state index in [2.05, 4.69) is 19.0 Å². The van der Waals surface area contributed by atoms with E-state index in [1.54, 1.807) is 0 Å². The molecular formula is C12H16N4O2S. The van der Waals surface area contributed by atoms with Gasteiger partial charge in [0, 0.05) is 25.0 Å². The number of hydrogen-bond acceptors (Lipinski definition) is 7. The number of pyridine rings is 1. The zero-order chi connectivity index (χ0) is 13.5. The summed E-state index contributed by atoms with van der Waals surface area (Å²) in [6, 6.07) is 3.98. The second kappa shape index (κ2) is 7.13. The summed E-state index contributed by atoms with van der Waals surface area (Å²) < 4.78 is 13.0. The van der Waals surface area contributed by atoms with Gasteiger partial charge in [0.2, 0.25) is 5.88 Å². The van der Waals surface area contributed by atoms with E-state index in [0.29, 0.717) is 19.0 Å². The number of aryl methyl sites for hydroxylation is 1. The van der Waals surface area contributed by atoms with Gasteiger partial charge in [0.15, 0.2) is 0 Å². The van der Waals surface area contributed by atoms with Crippen molar-refractivity contribution in [3.63, 3.8) is 0 Å². The highest BCUT2D eigenvalue weighted by molar-refractivity contribution is 6.99. The summed E-state index contributed by atoms with van der Waals surface area (Å²) in [5, 5.41) is 12.9. The van der Waals surface area contributed by atoms with Gasteiger partial charge in [0.1, 0.15) is 18.9 Å². The lowest BCUT2D eigenvalue weighted by molar-refractivity contribution is 0.104. The van der Waals surface area contributed by atoms with Gasteiger partial charge < -0.3 is 15.2 Å². The molecule has 0 aliphatic carbocycles. The molecule has 0 spiro atoms. The lowest BCUT2D eigenvalue weighted by atomic mass is 10.2. The predicted octanol–water partition coefficient (Wildman–Crippen LogP) is 0.771. The first-order valence-electron chi connectivity index (χ1n) is 5.94. The van der Waals surface area contributed by atoms with Crippen molar-refractivity contribution in [3.8, 4) is 5.88 Å². The third-order valence-electron chi connectivity index (χ3n) is 2.45. The van der Waals surface area contributed by atoms with Gasteiger partial charge in [0.25, 0.3) is 0 Å². The van der Waals surface area contributed by atoms with Gasteiger partial charge in [-0.25, -0.2) is 0 Å². The topological polar surface area (TPSA) is 80.2 Å². The Bertz CT molecular complexity index is 475. The van der Waals surface area contributed by atoms with Gasteiger partial charge >= 0.3 is 0 Å². The molecule has 7 heteroatoms. The Balaban J connectivity index is 1.63. The summed E-state index contributed by atoms with van der Waals surface area (Å²) in [5.74, 6) is 0.451. The van der Waals surface area contributed by atoms with Crippen LogP contribution in [0.5, 0.6) is 5.88 Å². The van der Waals surface area contributed by atoms with E-state index in [9.17, 15) is 5.11 Å². The fraction of sp³-hybridized carbons (Fsp3) is 0.417. The van der Waals surface area contributed by atoms with Crippen molar-refractivity contribution in [1.82, 2.24) is 19.0 Å². The highest BCUT2D eigenvalue weighted by atomic mass is 32.1. The zero-order valence-electron chi connectivity index (χ0n) is 10.6. The smallest absolute Gasteiger partial charge is 0.245 e. The molecule has 19 heavy (non-hydrogen) atoms. The zero-order valence-corrected chi connectivity index (χ0v) is 11.4. The number of aliphatic hydroxyl groups excluding tert-OH is 1. The van der Waals surface area contributed by atoms with Crippen LogP contribution in [0.1, 0.15) is 11.3 Å². The number of nitrogens with one attached hydrogen (secondary N) is 1. The average molecular weight is 280 g/mol. The van der Waals surface area contributed by atoms with Crippen LogP contribution in [0, 0.1) is 6.92 Å². The van der Waals surface area contributed by atoms with Crippen molar-refractivity contribution in [2.45, 2.75) is 19.6 Å². The van der Waals surface area contributed by atoms with Crippen LogP contribution in [0.15, 0.2) is 24.5 Å². The summed E-state index contributed by atoms with van der Waals surface area (Å²) in [4.78, 5) is 4.21. The number of hydrogen-bond donors (Lipinski definition) is 2. The molecule has 2 aromatic rings. The molecule has 1 unspecified atom stereocenters. The van der Waals surface area contributed by atoms with Crippen molar-refractivity contribution in [1.29, 1.82) is 0 Å². The normalized spacial score (nSPS) is 12.3. The van der Waals surface area contributed by atoms with Crippen molar-refractivity contribution in [2.24, 2.45) is 0 Å². The summed E-state index contributed by atoms with van der Waals surface area (Å²) in [7, 11) is 0. The van der Waals surface area contributed by atoms with Crippen LogP contribution in [-0.2, 0) is 6.54 Å². The fourth-order valence-electron chi connectivity index (χ4n) is 1.45. The second-order valence-electron chi connectivity index (χ2n) is 4.15. The van der Waals surface area contributed by atoms with Gasteiger partial charge in [0.05, 0.1) is 11.7 Å². The minimum atomic E-state index is -0.583. The van der Waals surface area contributed by atoms with Crippen LogP contribution in [0.25, 0.3) is 0 Å². The Kier molecular flexibility index (Phi) is 5.20. The van der Waals surface area contributed by atoms with Crippen LogP contribution >= 0.6 is 11.7 Å². The molecule has 1 atom stereocenters. The molecule has 0 saturated heterocycles. The Morgan fingerprint density at radius 3 is 3.00 bits per heavy atom. The molecule has 6 nitrogen and oxygen atoms in total. The molecule has 0 aliphatic heterocycles. The lowest BCUT2D eigenvalue weighted by Crippen LogP contribution is -2.31. The molecule has 2 aromatic heterocycles. The third-order valence-corrected chi connectivity index (χ3v) is 2.91. The van der Waals surface area contributed by atoms with E-state index >= 15 is 0 Å². The molecule has 102 valence electrons. The van der Waals surface area contributed by atoms with Crippen molar-refractivity contribution >= 4 is 11.7 Å². The van der Waals surface area contributed by atoms with Crippen molar-refractivity contribution in [3.05, 3.63) is 35.8 Å². The van der Waals surface area contributed by atoms with E-state index in [4.69, 9.17) is 4.74 Å². The number of ether oxygens (including phenoxy) is 1. The number of rotatable bonds is 7. The van der Waals surface area contributed by atoms with Crippen LogP contribution in [0.4, 0.5) is 0 Å². The van der Waals surface area contributed by atoms with E-state index in [1.807, 2.05) is 25.3 Å². The molecule has 2 N–H and O–H groups in total. The molecule has 0 saturated carbocycles. The molecule has 0 fully saturated rings. The van der Waals surface area contributed by atoms with Crippen LogP contribution < -0.4 is 10.1 Å². The van der Waals surface area contributed by atoms with Crippen LogP contribution in [-0.4, -0.2) is 38.1 Å². The van der Waals surface area contributed by atoms with Crippen LogP contribution in [0.3, 0.4) is 0 Å². The highest BCUT2D eigenvalue weighted by Crippen LogP contribution is 2.05. The van der Waals surface area contributed by atoms with Gasteiger partial charge in [-0.05, 0) is 18.6 Å². The lowest BCUT2D eigenvalue weighted by Gasteiger charge is -2.11. The average Bonchev–Trinajstić information content (AvgIpc) is 2.92. The standard InChI is InChI=1S/C12H16N4O2S/c1-9-2-3-10(5-14-9)4-13-6-11(17)8-18-12-7-15-19-16-12/h2-3,5,7,11,13,17H,4,6,8H2,1H3. The van der Waals surface area contributed by atoms with Gasteiger partial charge in [-0.15, -0.1) is 4.37 Å². The molecule has 2 rings (SSSR count). The molecule has 0 bridgehead atoms. The number of aromatic nitrogens is 3. The summed E-state index contributed by atoms with van der Waals surface area (Å²) in [6.45, 7) is 3.27. The summed E-state index contributed by atoms with van der Waals surface area (Å²) in [5.41, 5.74) is 2.08. The summed E-state index contributed by atoms with van der Waals surface area (Å²) in [6.07, 6.45) is 2.77. The van der Waals surface area contributed by atoms with Crippen molar-refractivity contribution < 1.29 is 9.84 Å². The molecule has 2 heterocycles. The quantitative estimate of drug-likeness (QED) is 0.780. The fourth-order valence-corrected chi connectivity index (χ4v) is 1.81. The number of nitrogens with zero attached hydrogens (tertiary/aromatic N) is 3. The minimum Gasteiger partial charge on any atom is -0.473 e. The predicted molar refractivity (Wildman–Crippen MR) is 72.1 cm³/mol. The third kappa shape index (κ3) is 4.90. The van der Waals surface area contributed by atoms with Gasteiger partial charge in [-0.3, -0.25) is 4.98 Å². The number of aliphatic hydroxyl groups is 1. The summed E-state index contributed by atoms with van der Waals surface area (Å²) >= 11 is 1.08. The van der Waals surface area contributed by atoms with E-state index < -0.39 is 6.10 Å². The Hall–Kier alpha value is -1.57. The maximum absolute atomic E-state index is 9.72. The first-order valence-corrected chi connectivity index (χ1v) is 6.68. The Morgan fingerprint density at radius 2 is 2.32 bits per heavy atom. The highest BCUT2D eigenvalue weighted by Gasteiger charge is 2.06. The SMILES string of the molecule is Cc1ccc(CNCC(O)COc2cnsn2)cn1. The second-order valence-corrected chi connectivity index (χ2v) is 4.71.